The highest BCUT2D eigenvalue weighted by atomic mass is 16.7. The third kappa shape index (κ3) is 5.63. The topological polar surface area (TPSA) is 49.0 Å². The van der Waals surface area contributed by atoms with Gasteiger partial charge in [-0.1, -0.05) is 25.1 Å². The molecule has 0 aliphatic heterocycles. The van der Waals surface area contributed by atoms with Crippen LogP contribution in [0.5, 0.6) is 5.75 Å². The monoisotopic (exact) mass is 297 g/mol. The summed E-state index contributed by atoms with van der Waals surface area (Å²) in [5, 5.41) is 3.46. The summed E-state index contributed by atoms with van der Waals surface area (Å²) < 4.78 is 21.7. The lowest BCUT2D eigenvalue weighted by Gasteiger charge is -2.27. The lowest BCUT2D eigenvalue weighted by atomic mass is 10.0. The summed E-state index contributed by atoms with van der Waals surface area (Å²) in [5.41, 5.74) is 1.02. The van der Waals surface area contributed by atoms with Crippen molar-refractivity contribution < 1.29 is 18.9 Å². The predicted molar refractivity (Wildman–Crippen MR) is 82.7 cm³/mol. The quantitative estimate of drug-likeness (QED) is 0.502. The molecule has 0 spiro atoms. The molecule has 21 heavy (non-hydrogen) atoms. The average molecular weight is 297 g/mol. The van der Waals surface area contributed by atoms with Crippen LogP contribution in [0.3, 0.4) is 0 Å². The Labute approximate surface area is 127 Å². The van der Waals surface area contributed by atoms with Gasteiger partial charge in [-0.25, -0.2) is 0 Å². The molecule has 0 heterocycles. The zero-order chi connectivity index (χ0) is 15.5. The van der Waals surface area contributed by atoms with Crippen LogP contribution in [0.15, 0.2) is 24.3 Å². The normalized spacial score (nSPS) is 12.6. The van der Waals surface area contributed by atoms with Crippen LogP contribution in [-0.2, 0) is 14.2 Å². The van der Waals surface area contributed by atoms with Gasteiger partial charge >= 0.3 is 0 Å². The maximum absolute atomic E-state index is 5.80. The minimum atomic E-state index is -0.372. The second kappa shape index (κ2) is 10.6. The van der Waals surface area contributed by atoms with Crippen molar-refractivity contribution in [2.45, 2.75) is 25.7 Å². The molecule has 5 heteroatoms. The summed E-state index contributed by atoms with van der Waals surface area (Å²) in [6.45, 7) is 4.07. The van der Waals surface area contributed by atoms with E-state index in [1.807, 2.05) is 24.3 Å². The number of para-hydroxylation sites is 1. The summed E-state index contributed by atoms with van der Waals surface area (Å²) in [5.74, 6) is 0.822. The van der Waals surface area contributed by atoms with Crippen molar-refractivity contribution in [2.75, 3.05) is 41.1 Å². The highest BCUT2D eigenvalue weighted by Crippen LogP contribution is 2.28. The van der Waals surface area contributed by atoms with E-state index in [2.05, 4.69) is 12.2 Å². The molecule has 1 N–H and O–H groups in total. The van der Waals surface area contributed by atoms with E-state index < -0.39 is 0 Å². The van der Waals surface area contributed by atoms with Crippen LogP contribution < -0.4 is 10.1 Å². The standard InChI is InChI=1S/C16H27NO4/c1-5-10-17-15(16(19-3)20-4)13-8-6-7-9-14(13)21-12-11-18-2/h6-9,15-17H,5,10-12H2,1-4H3. The van der Waals surface area contributed by atoms with Crippen LogP contribution in [0.2, 0.25) is 0 Å². The summed E-state index contributed by atoms with van der Waals surface area (Å²) in [6.07, 6.45) is 0.660. The zero-order valence-corrected chi connectivity index (χ0v) is 13.4. The molecule has 0 saturated heterocycles. The van der Waals surface area contributed by atoms with Gasteiger partial charge in [0.05, 0.1) is 12.6 Å². The van der Waals surface area contributed by atoms with E-state index in [4.69, 9.17) is 18.9 Å². The molecule has 1 aromatic rings. The van der Waals surface area contributed by atoms with E-state index in [0.717, 1.165) is 24.3 Å². The molecule has 0 aliphatic carbocycles. The van der Waals surface area contributed by atoms with Crippen LogP contribution in [0.4, 0.5) is 0 Å². The fourth-order valence-corrected chi connectivity index (χ4v) is 2.12. The summed E-state index contributed by atoms with van der Waals surface area (Å²) in [7, 11) is 4.94. The lowest BCUT2D eigenvalue weighted by Crippen LogP contribution is -2.35. The molecule has 0 saturated carbocycles. The largest absolute Gasteiger partial charge is 0.491 e. The van der Waals surface area contributed by atoms with Crippen molar-refractivity contribution in [2.24, 2.45) is 0 Å². The average Bonchev–Trinajstić information content (AvgIpc) is 2.52. The van der Waals surface area contributed by atoms with Crippen molar-refractivity contribution in [1.82, 2.24) is 5.32 Å². The lowest BCUT2D eigenvalue weighted by molar-refractivity contribution is -0.124. The van der Waals surface area contributed by atoms with Gasteiger partial charge in [0.1, 0.15) is 12.4 Å². The Kier molecular flexibility index (Phi) is 9.01. The first-order valence-corrected chi connectivity index (χ1v) is 7.28. The molecule has 1 rings (SSSR count). The Hall–Kier alpha value is -1.14. The first kappa shape index (κ1) is 17.9. The van der Waals surface area contributed by atoms with Crippen molar-refractivity contribution >= 4 is 0 Å². The van der Waals surface area contributed by atoms with Crippen LogP contribution in [-0.4, -0.2) is 47.4 Å². The molecule has 1 unspecified atom stereocenters. The second-order valence-electron chi connectivity index (χ2n) is 4.65. The van der Waals surface area contributed by atoms with Gasteiger partial charge in [-0.3, -0.25) is 0 Å². The third-order valence-corrected chi connectivity index (χ3v) is 3.15. The maximum Gasteiger partial charge on any atom is 0.176 e. The second-order valence-corrected chi connectivity index (χ2v) is 4.65. The Morgan fingerprint density at radius 3 is 2.38 bits per heavy atom. The van der Waals surface area contributed by atoms with Crippen molar-refractivity contribution in [3.8, 4) is 5.75 Å². The van der Waals surface area contributed by atoms with Crippen LogP contribution >= 0.6 is 0 Å². The van der Waals surface area contributed by atoms with Gasteiger partial charge in [-0.2, -0.15) is 0 Å². The van der Waals surface area contributed by atoms with Crippen LogP contribution in [0.25, 0.3) is 0 Å². The first-order chi connectivity index (χ1) is 10.3. The van der Waals surface area contributed by atoms with Gasteiger partial charge in [0.2, 0.25) is 0 Å². The molecule has 1 aromatic carbocycles. The number of ether oxygens (including phenoxy) is 4. The number of methoxy groups -OCH3 is 3. The molecule has 1 atom stereocenters. The molecule has 0 aromatic heterocycles. The molecule has 0 aliphatic rings. The van der Waals surface area contributed by atoms with Crippen molar-refractivity contribution in [3.63, 3.8) is 0 Å². The molecule has 0 amide bonds. The Balaban J connectivity index is 2.93. The summed E-state index contributed by atoms with van der Waals surface area (Å²) in [4.78, 5) is 0. The maximum atomic E-state index is 5.80. The van der Waals surface area contributed by atoms with E-state index in [1.165, 1.54) is 0 Å². The van der Waals surface area contributed by atoms with E-state index >= 15 is 0 Å². The minimum absolute atomic E-state index is 0.0845. The highest BCUT2D eigenvalue weighted by Gasteiger charge is 2.25. The van der Waals surface area contributed by atoms with Gasteiger partial charge in [-0.15, -0.1) is 0 Å². The van der Waals surface area contributed by atoms with Gasteiger partial charge in [-0.05, 0) is 19.0 Å². The van der Waals surface area contributed by atoms with E-state index in [1.54, 1.807) is 21.3 Å². The van der Waals surface area contributed by atoms with Crippen molar-refractivity contribution in [3.05, 3.63) is 29.8 Å². The molecule has 5 nitrogen and oxygen atoms in total. The Bertz CT molecular complexity index is 382. The van der Waals surface area contributed by atoms with Crippen LogP contribution in [0.1, 0.15) is 24.9 Å². The highest BCUT2D eigenvalue weighted by molar-refractivity contribution is 5.36. The van der Waals surface area contributed by atoms with E-state index in [9.17, 15) is 0 Å². The number of nitrogens with one attached hydrogen (secondary N) is 1. The summed E-state index contributed by atoms with van der Waals surface area (Å²) in [6, 6.07) is 7.84. The molecule has 0 bridgehead atoms. The van der Waals surface area contributed by atoms with Gasteiger partial charge in [0, 0.05) is 26.9 Å². The van der Waals surface area contributed by atoms with E-state index in [-0.39, 0.29) is 12.3 Å². The smallest absolute Gasteiger partial charge is 0.176 e. The molecular formula is C16H27NO4. The Morgan fingerprint density at radius 2 is 1.76 bits per heavy atom. The van der Waals surface area contributed by atoms with Gasteiger partial charge in [0.15, 0.2) is 6.29 Å². The van der Waals surface area contributed by atoms with Gasteiger partial charge < -0.3 is 24.3 Å². The summed E-state index contributed by atoms with van der Waals surface area (Å²) >= 11 is 0. The van der Waals surface area contributed by atoms with E-state index in [0.29, 0.717) is 13.2 Å². The van der Waals surface area contributed by atoms with Gasteiger partial charge in [0.25, 0.3) is 0 Å². The fourth-order valence-electron chi connectivity index (χ4n) is 2.12. The van der Waals surface area contributed by atoms with Crippen LogP contribution in [0, 0.1) is 0 Å². The SMILES string of the molecule is CCCNC(c1ccccc1OCCOC)C(OC)OC. The molecule has 0 fully saturated rings. The number of benzene rings is 1. The number of rotatable bonds is 11. The zero-order valence-electron chi connectivity index (χ0n) is 13.4. The Morgan fingerprint density at radius 1 is 1.05 bits per heavy atom. The number of hydrogen-bond donors (Lipinski definition) is 1. The van der Waals surface area contributed by atoms with Crippen molar-refractivity contribution in [1.29, 1.82) is 0 Å². The fraction of sp³-hybridized carbons (Fsp3) is 0.625. The predicted octanol–water partition coefficient (Wildman–Crippen LogP) is 2.37. The minimum Gasteiger partial charge on any atom is -0.491 e. The molecule has 0 radical (unpaired) electrons. The number of hydrogen-bond acceptors (Lipinski definition) is 5. The third-order valence-electron chi connectivity index (χ3n) is 3.15. The molecule has 120 valence electrons. The molecular weight excluding hydrogens is 270 g/mol. The first-order valence-electron chi connectivity index (χ1n) is 7.28.